The van der Waals surface area contributed by atoms with E-state index in [0.29, 0.717) is 6.42 Å². The number of rotatable bonds is 2. The van der Waals surface area contributed by atoms with Crippen LogP contribution in [0.4, 0.5) is 4.79 Å². The summed E-state index contributed by atoms with van der Waals surface area (Å²) in [7, 11) is 0. The first-order chi connectivity index (χ1) is 7.93. The van der Waals surface area contributed by atoms with Crippen LogP contribution >= 0.6 is 0 Å². The van der Waals surface area contributed by atoms with Gasteiger partial charge in [-0.05, 0) is 24.7 Å². The minimum absolute atomic E-state index is 0.0301. The number of hydrogen-bond donors (Lipinski definition) is 2. The van der Waals surface area contributed by atoms with Crippen molar-refractivity contribution < 1.29 is 14.7 Å². The Morgan fingerprint density at radius 3 is 2.35 bits per heavy atom. The van der Waals surface area contributed by atoms with E-state index < -0.39 is 6.09 Å². The molecule has 1 saturated heterocycles. The van der Waals surface area contributed by atoms with Gasteiger partial charge in [0.15, 0.2) is 0 Å². The molecule has 2 rings (SSSR count). The number of amides is 2. The lowest BCUT2D eigenvalue weighted by Gasteiger charge is -2.51. The first kappa shape index (κ1) is 12.2. The van der Waals surface area contributed by atoms with Crippen molar-refractivity contribution in [2.24, 2.45) is 11.3 Å². The Bertz CT molecular complexity index is 335. The Kier molecular flexibility index (Phi) is 3.02. The summed E-state index contributed by atoms with van der Waals surface area (Å²) in [6.07, 6.45) is 1.81. The smallest absolute Gasteiger partial charge is 0.404 e. The van der Waals surface area contributed by atoms with Crippen LogP contribution in [0.5, 0.6) is 0 Å². The van der Waals surface area contributed by atoms with Crippen molar-refractivity contribution in [2.75, 3.05) is 13.1 Å². The molecule has 2 atom stereocenters. The molecule has 0 aromatic rings. The van der Waals surface area contributed by atoms with E-state index >= 15 is 0 Å². The Morgan fingerprint density at radius 1 is 1.29 bits per heavy atom. The van der Waals surface area contributed by atoms with Crippen LogP contribution in [0.15, 0.2) is 0 Å². The summed E-state index contributed by atoms with van der Waals surface area (Å²) in [5.41, 5.74) is -0.266. The summed E-state index contributed by atoms with van der Waals surface area (Å²) in [5, 5.41) is 11.2. The molecule has 1 aliphatic carbocycles. The average Bonchev–Trinajstić information content (AvgIpc) is 2.76. The Morgan fingerprint density at radius 2 is 1.88 bits per heavy atom. The molecule has 1 saturated carbocycles. The third-order valence-electron chi connectivity index (χ3n) is 4.28. The summed E-state index contributed by atoms with van der Waals surface area (Å²) in [6.45, 7) is 5.66. The molecule has 96 valence electrons. The zero-order chi connectivity index (χ0) is 12.6. The van der Waals surface area contributed by atoms with Crippen LogP contribution in [0, 0.1) is 11.3 Å². The molecule has 2 N–H and O–H groups in total. The van der Waals surface area contributed by atoms with Gasteiger partial charge in [-0.1, -0.05) is 13.8 Å². The quantitative estimate of drug-likeness (QED) is 0.764. The molecule has 2 amide bonds. The Labute approximate surface area is 101 Å². The lowest BCUT2D eigenvalue weighted by molar-refractivity contribution is -0.147. The third kappa shape index (κ3) is 2.10. The highest BCUT2D eigenvalue weighted by atomic mass is 16.4. The molecule has 5 heteroatoms. The van der Waals surface area contributed by atoms with Crippen molar-refractivity contribution in [3.63, 3.8) is 0 Å². The number of carboxylic acid groups (broad SMARTS) is 1. The highest BCUT2D eigenvalue weighted by Crippen LogP contribution is 2.47. The fourth-order valence-corrected chi connectivity index (χ4v) is 2.90. The van der Waals surface area contributed by atoms with Gasteiger partial charge in [0.1, 0.15) is 0 Å². The van der Waals surface area contributed by atoms with Gasteiger partial charge in [0, 0.05) is 25.0 Å². The number of likely N-dealkylation sites (tertiary alicyclic amines) is 1. The number of nitrogens with zero attached hydrogens (tertiary/aromatic N) is 1. The van der Waals surface area contributed by atoms with Crippen molar-refractivity contribution in [1.29, 1.82) is 0 Å². The molecule has 0 aromatic carbocycles. The van der Waals surface area contributed by atoms with Gasteiger partial charge >= 0.3 is 6.09 Å². The number of nitrogens with one attached hydrogen (secondary N) is 1. The molecule has 2 aliphatic rings. The number of carbonyl (C=O) groups excluding carboxylic acids is 1. The Hall–Kier alpha value is -1.26. The number of carbonyl (C=O) groups is 2. The van der Waals surface area contributed by atoms with Gasteiger partial charge in [-0.15, -0.1) is 0 Å². The summed E-state index contributed by atoms with van der Waals surface area (Å²) in [5.74, 6) is 0.174. The second-order valence-electron chi connectivity index (χ2n) is 5.64. The van der Waals surface area contributed by atoms with Gasteiger partial charge in [0.05, 0.1) is 0 Å². The maximum atomic E-state index is 12.2. The van der Waals surface area contributed by atoms with Gasteiger partial charge < -0.3 is 15.3 Å². The summed E-state index contributed by atoms with van der Waals surface area (Å²) in [6, 6.07) is -0.100. The maximum Gasteiger partial charge on any atom is 0.404 e. The van der Waals surface area contributed by atoms with E-state index in [1.54, 1.807) is 0 Å². The number of hydrogen-bond acceptors (Lipinski definition) is 2. The van der Waals surface area contributed by atoms with Gasteiger partial charge in [-0.3, -0.25) is 4.79 Å². The molecular weight excluding hydrogens is 220 g/mol. The van der Waals surface area contributed by atoms with Gasteiger partial charge in [-0.2, -0.15) is 0 Å². The maximum absolute atomic E-state index is 12.2. The van der Waals surface area contributed by atoms with Crippen molar-refractivity contribution in [2.45, 2.75) is 39.2 Å². The fourth-order valence-electron chi connectivity index (χ4n) is 2.90. The minimum Gasteiger partial charge on any atom is -0.465 e. The molecule has 5 nitrogen and oxygen atoms in total. The lowest BCUT2D eigenvalue weighted by Crippen LogP contribution is -2.62. The first-order valence-corrected chi connectivity index (χ1v) is 6.21. The van der Waals surface area contributed by atoms with Crippen LogP contribution in [0.25, 0.3) is 0 Å². The van der Waals surface area contributed by atoms with Crippen molar-refractivity contribution >= 4 is 12.0 Å². The molecule has 17 heavy (non-hydrogen) atoms. The average molecular weight is 240 g/mol. The zero-order valence-corrected chi connectivity index (χ0v) is 10.4. The van der Waals surface area contributed by atoms with E-state index in [4.69, 9.17) is 5.11 Å². The molecule has 1 heterocycles. The first-order valence-electron chi connectivity index (χ1n) is 6.21. The van der Waals surface area contributed by atoms with E-state index in [1.165, 1.54) is 0 Å². The monoisotopic (exact) mass is 240 g/mol. The Balaban J connectivity index is 1.96. The highest BCUT2D eigenvalue weighted by molar-refractivity contribution is 5.81. The molecule has 1 aliphatic heterocycles. The normalized spacial score (nSPS) is 30.8. The highest BCUT2D eigenvalue weighted by Gasteiger charge is 2.53. The second-order valence-corrected chi connectivity index (χ2v) is 5.64. The van der Waals surface area contributed by atoms with E-state index in [0.717, 1.165) is 25.9 Å². The SMILES string of the molecule is CC1(C)[C@@H](NC(=O)O)C[C@H]1C(=O)N1CCCC1. The van der Waals surface area contributed by atoms with Crippen molar-refractivity contribution in [3.8, 4) is 0 Å². The van der Waals surface area contributed by atoms with E-state index in [2.05, 4.69) is 5.32 Å². The molecule has 0 bridgehead atoms. The fraction of sp³-hybridized carbons (Fsp3) is 0.833. The van der Waals surface area contributed by atoms with E-state index in [1.807, 2.05) is 18.7 Å². The van der Waals surface area contributed by atoms with Crippen molar-refractivity contribution in [3.05, 3.63) is 0 Å². The predicted molar refractivity (Wildman–Crippen MR) is 62.7 cm³/mol. The zero-order valence-electron chi connectivity index (χ0n) is 10.4. The predicted octanol–water partition coefficient (Wildman–Crippen LogP) is 1.29. The molecule has 0 unspecified atom stereocenters. The van der Waals surface area contributed by atoms with Crippen LogP contribution < -0.4 is 5.32 Å². The van der Waals surface area contributed by atoms with Gasteiger partial charge in [-0.25, -0.2) is 4.79 Å². The van der Waals surface area contributed by atoms with E-state index in [9.17, 15) is 9.59 Å². The minimum atomic E-state index is -1.00. The topological polar surface area (TPSA) is 69.6 Å². The van der Waals surface area contributed by atoms with E-state index in [-0.39, 0.29) is 23.3 Å². The van der Waals surface area contributed by atoms with Crippen molar-refractivity contribution in [1.82, 2.24) is 10.2 Å². The van der Waals surface area contributed by atoms with Gasteiger partial charge in [0.25, 0.3) is 0 Å². The summed E-state index contributed by atoms with van der Waals surface area (Å²) in [4.78, 5) is 24.8. The molecule has 2 fully saturated rings. The van der Waals surface area contributed by atoms with Crippen LogP contribution in [0.2, 0.25) is 0 Å². The van der Waals surface area contributed by atoms with Gasteiger partial charge in [0.2, 0.25) is 5.91 Å². The molecule has 0 radical (unpaired) electrons. The van der Waals surface area contributed by atoms with Crippen LogP contribution in [0.3, 0.4) is 0 Å². The summed E-state index contributed by atoms with van der Waals surface area (Å²) < 4.78 is 0. The molecule has 0 aromatic heterocycles. The summed E-state index contributed by atoms with van der Waals surface area (Å²) >= 11 is 0. The lowest BCUT2D eigenvalue weighted by atomic mass is 9.58. The van der Waals surface area contributed by atoms with Crippen LogP contribution in [-0.2, 0) is 4.79 Å². The largest absolute Gasteiger partial charge is 0.465 e. The van der Waals surface area contributed by atoms with Crippen LogP contribution in [-0.4, -0.2) is 41.1 Å². The van der Waals surface area contributed by atoms with Crippen LogP contribution in [0.1, 0.15) is 33.1 Å². The second kappa shape index (κ2) is 4.20. The molecule has 0 spiro atoms. The molecular formula is C12H20N2O3. The third-order valence-corrected chi connectivity index (χ3v) is 4.28. The standard InChI is InChI=1S/C12H20N2O3/c1-12(2)8(7-9(12)13-11(16)17)10(15)14-5-3-4-6-14/h8-9,13H,3-7H2,1-2H3,(H,16,17)/t8-,9-/m0/s1.